The standard InChI is InChI=1S/C12H14N4O2S3/c1-8-15-12(20-16-8)19-5-6-21(17,18)10-4-2-3-9(7-10)11(13)14/h2-4,7H,5-6H2,1H3,(H3,13,14). The topological polar surface area (TPSA) is 110 Å². The number of sulfone groups is 1. The highest BCUT2D eigenvalue weighted by molar-refractivity contribution is 8.02. The molecule has 0 amide bonds. The van der Waals surface area contributed by atoms with E-state index in [0.717, 1.165) is 4.34 Å². The number of aryl methyl sites for hydroxylation is 1. The maximum Gasteiger partial charge on any atom is 0.179 e. The number of aromatic nitrogens is 2. The molecule has 0 radical (unpaired) electrons. The lowest BCUT2D eigenvalue weighted by Crippen LogP contribution is -2.13. The van der Waals surface area contributed by atoms with Crippen molar-refractivity contribution >= 4 is 39.0 Å². The van der Waals surface area contributed by atoms with Crippen LogP contribution in [0.4, 0.5) is 0 Å². The minimum Gasteiger partial charge on any atom is -0.384 e. The molecule has 0 saturated carbocycles. The molecule has 6 nitrogen and oxygen atoms in total. The number of hydrogen-bond acceptors (Lipinski definition) is 7. The predicted octanol–water partition coefficient (Wildman–Crippen LogP) is 1.70. The number of hydrogen-bond donors (Lipinski definition) is 2. The number of nitrogen functional groups attached to an aromatic ring is 1. The summed E-state index contributed by atoms with van der Waals surface area (Å²) in [5.41, 5.74) is 5.78. The average Bonchev–Trinajstić information content (AvgIpc) is 2.84. The van der Waals surface area contributed by atoms with Crippen molar-refractivity contribution in [1.29, 1.82) is 5.41 Å². The minimum atomic E-state index is -3.40. The summed E-state index contributed by atoms with van der Waals surface area (Å²) in [5, 5.41) is 7.35. The fraction of sp³-hybridized carbons (Fsp3) is 0.250. The van der Waals surface area contributed by atoms with Crippen molar-refractivity contribution in [1.82, 2.24) is 9.36 Å². The molecule has 0 bridgehead atoms. The van der Waals surface area contributed by atoms with Crippen LogP contribution in [-0.4, -0.2) is 35.1 Å². The highest BCUT2D eigenvalue weighted by atomic mass is 32.2. The Morgan fingerprint density at radius 3 is 2.86 bits per heavy atom. The SMILES string of the molecule is Cc1nsc(SCCS(=O)(=O)c2cccc(C(=N)N)c2)n1. The van der Waals surface area contributed by atoms with Gasteiger partial charge in [0.2, 0.25) is 0 Å². The van der Waals surface area contributed by atoms with E-state index in [1.54, 1.807) is 19.1 Å². The van der Waals surface area contributed by atoms with Gasteiger partial charge < -0.3 is 5.73 Å². The van der Waals surface area contributed by atoms with Crippen molar-refractivity contribution in [3.63, 3.8) is 0 Å². The Morgan fingerprint density at radius 1 is 1.48 bits per heavy atom. The minimum absolute atomic E-state index is 0.00233. The number of nitrogens with one attached hydrogen (secondary N) is 1. The largest absolute Gasteiger partial charge is 0.384 e. The molecule has 0 unspecified atom stereocenters. The first-order chi connectivity index (χ1) is 9.88. The van der Waals surface area contributed by atoms with E-state index in [4.69, 9.17) is 11.1 Å². The zero-order valence-electron chi connectivity index (χ0n) is 11.2. The van der Waals surface area contributed by atoms with Gasteiger partial charge in [0, 0.05) is 11.3 Å². The molecule has 2 rings (SSSR count). The molecule has 0 spiro atoms. The van der Waals surface area contributed by atoms with Crippen molar-refractivity contribution in [2.75, 3.05) is 11.5 Å². The molecule has 1 aromatic heterocycles. The van der Waals surface area contributed by atoms with E-state index in [1.165, 1.54) is 35.4 Å². The van der Waals surface area contributed by atoms with Gasteiger partial charge in [-0.1, -0.05) is 23.9 Å². The number of rotatable bonds is 6. The molecule has 3 N–H and O–H groups in total. The summed E-state index contributed by atoms with van der Waals surface area (Å²) in [4.78, 5) is 4.36. The summed E-state index contributed by atoms with van der Waals surface area (Å²) in [6.07, 6.45) is 0. The monoisotopic (exact) mass is 342 g/mol. The van der Waals surface area contributed by atoms with Crippen LogP contribution in [0.25, 0.3) is 0 Å². The van der Waals surface area contributed by atoms with Crippen molar-refractivity contribution in [3.05, 3.63) is 35.7 Å². The van der Waals surface area contributed by atoms with Crippen molar-refractivity contribution in [2.24, 2.45) is 5.73 Å². The summed E-state index contributed by atoms with van der Waals surface area (Å²) < 4.78 is 29.3. The first-order valence-corrected chi connectivity index (χ1v) is 9.40. The van der Waals surface area contributed by atoms with Gasteiger partial charge in [-0.15, -0.1) is 0 Å². The lowest BCUT2D eigenvalue weighted by atomic mass is 10.2. The molecule has 1 heterocycles. The molecule has 0 aliphatic rings. The van der Waals surface area contributed by atoms with Crippen LogP contribution in [0.3, 0.4) is 0 Å². The van der Waals surface area contributed by atoms with Gasteiger partial charge >= 0.3 is 0 Å². The second-order valence-corrected chi connectivity index (χ2v) is 8.42. The molecule has 1 aromatic carbocycles. The van der Waals surface area contributed by atoms with Gasteiger partial charge in [0.05, 0.1) is 10.6 Å². The molecule has 112 valence electrons. The number of amidine groups is 1. The summed E-state index contributed by atoms with van der Waals surface area (Å²) in [6.45, 7) is 1.80. The average molecular weight is 342 g/mol. The van der Waals surface area contributed by atoms with Gasteiger partial charge in [-0.3, -0.25) is 5.41 Å². The molecule has 0 atom stereocenters. The normalized spacial score (nSPS) is 11.5. The van der Waals surface area contributed by atoms with E-state index >= 15 is 0 Å². The van der Waals surface area contributed by atoms with Gasteiger partial charge in [0.25, 0.3) is 0 Å². The van der Waals surface area contributed by atoms with Crippen LogP contribution in [0.15, 0.2) is 33.5 Å². The van der Waals surface area contributed by atoms with E-state index < -0.39 is 9.84 Å². The molecule has 9 heteroatoms. The second-order valence-electron chi connectivity index (χ2n) is 4.22. The van der Waals surface area contributed by atoms with Crippen LogP contribution >= 0.6 is 23.3 Å². The van der Waals surface area contributed by atoms with Gasteiger partial charge in [-0.05, 0) is 30.6 Å². The molecule has 0 saturated heterocycles. The van der Waals surface area contributed by atoms with E-state index in [0.29, 0.717) is 17.1 Å². The van der Waals surface area contributed by atoms with Gasteiger partial charge in [-0.2, -0.15) is 4.37 Å². The molecule has 2 aromatic rings. The first kappa shape index (κ1) is 15.9. The third kappa shape index (κ3) is 4.26. The van der Waals surface area contributed by atoms with E-state index in [-0.39, 0.29) is 16.5 Å². The quantitative estimate of drug-likeness (QED) is 0.470. The Bertz CT molecular complexity index is 755. The summed E-state index contributed by atoms with van der Waals surface area (Å²) in [6, 6.07) is 6.14. The van der Waals surface area contributed by atoms with Crippen LogP contribution in [0.5, 0.6) is 0 Å². The Balaban J connectivity index is 2.04. The van der Waals surface area contributed by atoms with Crippen molar-refractivity contribution in [2.45, 2.75) is 16.2 Å². The molecular weight excluding hydrogens is 328 g/mol. The van der Waals surface area contributed by atoms with Gasteiger partial charge in [-0.25, -0.2) is 13.4 Å². The maximum absolute atomic E-state index is 12.2. The smallest absolute Gasteiger partial charge is 0.179 e. The van der Waals surface area contributed by atoms with E-state index in [9.17, 15) is 8.42 Å². The Labute approximate surface area is 131 Å². The van der Waals surface area contributed by atoms with E-state index in [2.05, 4.69) is 9.36 Å². The first-order valence-electron chi connectivity index (χ1n) is 5.99. The van der Waals surface area contributed by atoms with Crippen LogP contribution in [0, 0.1) is 12.3 Å². The number of nitrogens with zero attached hydrogens (tertiary/aromatic N) is 2. The Hall–Kier alpha value is -1.45. The Kier molecular flexibility index (Phi) is 4.96. The van der Waals surface area contributed by atoms with Crippen molar-refractivity contribution < 1.29 is 8.42 Å². The fourth-order valence-corrected chi connectivity index (χ4v) is 4.96. The lowest BCUT2D eigenvalue weighted by molar-refractivity contribution is 0.597. The molecule has 0 aliphatic heterocycles. The van der Waals surface area contributed by atoms with Crippen LogP contribution < -0.4 is 5.73 Å². The van der Waals surface area contributed by atoms with Crippen molar-refractivity contribution in [3.8, 4) is 0 Å². The predicted molar refractivity (Wildman–Crippen MR) is 84.9 cm³/mol. The van der Waals surface area contributed by atoms with Crippen LogP contribution in [0.1, 0.15) is 11.4 Å². The Morgan fingerprint density at radius 2 is 2.24 bits per heavy atom. The summed E-state index contributed by atoms with van der Waals surface area (Å²) >= 11 is 2.64. The summed E-state index contributed by atoms with van der Waals surface area (Å²) in [5.74, 6) is 0.948. The number of nitrogens with two attached hydrogens (primary N) is 1. The maximum atomic E-state index is 12.2. The molecule has 21 heavy (non-hydrogen) atoms. The number of benzene rings is 1. The van der Waals surface area contributed by atoms with E-state index in [1.807, 2.05) is 0 Å². The van der Waals surface area contributed by atoms with Crippen LogP contribution in [-0.2, 0) is 9.84 Å². The van der Waals surface area contributed by atoms with Crippen LogP contribution in [0.2, 0.25) is 0 Å². The third-order valence-electron chi connectivity index (χ3n) is 2.59. The summed E-state index contributed by atoms with van der Waals surface area (Å²) in [7, 11) is -3.40. The zero-order valence-corrected chi connectivity index (χ0v) is 13.7. The lowest BCUT2D eigenvalue weighted by Gasteiger charge is -2.05. The highest BCUT2D eigenvalue weighted by Gasteiger charge is 2.16. The molecule has 0 aliphatic carbocycles. The number of thioether (sulfide) groups is 1. The van der Waals surface area contributed by atoms with Gasteiger partial charge in [0.1, 0.15) is 11.7 Å². The molecular formula is C12H14N4O2S3. The molecule has 0 fully saturated rings. The zero-order chi connectivity index (χ0) is 15.5. The fourth-order valence-electron chi connectivity index (χ4n) is 1.55. The second kappa shape index (κ2) is 6.54. The highest BCUT2D eigenvalue weighted by Crippen LogP contribution is 2.21. The third-order valence-corrected chi connectivity index (χ3v) is 6.49. The van der Waals surface area contributed by atoms with Gasteiger partial charge in [0.15, 0.2) is 14.2 Å².